The first kappa shape index (κ1) is 9.33. The molecule has 3 heteroatoms. The van der Waals surface area contributed by atoms with Crippen molar-refractivity contribution in [3.05, 3.63) is 22.5 Å². The van der Waals surface area contributed by atoms with Crippen LogP contribution in [0.15, 0.2) is 0 Å². The van der Waals surface area contributed by atoms with Crippen molar-refractivity contribution in [3.63, 3.8) is 0 Å². The SMILES string of the molecule is Cc1[nH]c(C(=O)CCl)c(C)c1C. The van der Waals surface area contributed by atoms with Crippen LogP contribution in [-0.4, -0.2) is 16.6 Å². The van der Waals surface area contributed by atoms with Crippen LogP contribution >= 0.6 is 11.6 Å². The monoisotopic (exact) mass is 185 g/mol. The van der Waals surface area contributed by atoms with Crippen molar-refractivity contribution in [1.82, 2.24) is 4.98 Å². The molecule has 0 fully saturated rings. The van der Waals surface area contributed by atoms with Crippen LogP contribution in [0.1, 0.15) is 27.3 Å². The van der Waals surface area contributed by atoms with E-state index in [2.05, 4.69) is 4.98 Å². The molecule has 0 atom stereocenters. The van der Waals surface area contributed by atoms with E-state index in [0.717, 1.165) is 16.8 Å². The minimum Gasteiger partial charge on any atom is -0.356 e. The van der Waals surface area contributed by atoms with Crippen LogP contribution in [0, 0.1) is 20.8 Å². The molecule has 1 aromatic heterocycles. The Kier molecular flexibility index (Phi) is 2.58. The summed E-state index contributed by atoms with van der Waals surface area (Å²) in [6, 6.07) is 0. The number of rotatable bonds is 2. The zero-order valence-electron chi connectivity index (χ0n) is 7.49. The van der Waals surface area contributed by atoms with Gasteiger partial charge in [0.05, 0.1) is 11.6 Å². The molecule has 0 aliphatic rings. The molecule has 1 aromatic rings. The Balaban J connectivity index is 3.17. The number of aryl methyl sites for hydroxylation is 1. The Morgan fingerprint density at radius 3 is 2.25 bits per heavy atom. The first-order valence-electron chi connectivity index (χ1n) is 3.82. The standard InChI is InChI=1S/C9H12ClNO/c1-5-6(2)9(8(12)4-10)11-7(5)3/h11H,4H2,1-3H3. The van der Waals surface area contributed by atoms with Crippen molar-refractivity contribution in [2.75, 3.05) is 5.88 Å². The molecule has 0 spiro atoms. The van der Waals surface area contributed by atoms with Gasteiger partial charge in [-0.05, 0) is 31.9 Å². The lowest BCUT2D eigenvalue weighted by atomic mass is 10.1. The number of aromatic amines is 1. The molecule has 1 heterocycles. The summed E-state index contributed by atoms with van der Waals surface area (Å²) in [5, 5.41) is 0. The van der Waals surface area contributed by atoms with Crippen LogP contribution in [0.2, 0.25) is 0 Å². The molecule has 0 aliphatic carbocycles. The Morgan fingerprint density at radius 2 is 1.92 bits per heavy atom. The summed E-state index contributed by atoms with van der Waals surface area (Å²) in [5.74, 6) is 0.00520. The van der Waals surface area contributed by atoms with Gasteiger partial charge in [0.25, 0.3) is 0 Å². The summed E-state index contributed by atoms with van der Waals surface area (Å²) in [6.07, 6.45) is 0. The molecule has 12 heavy (non-hydrogen) atoms. The number of hydrogen-bond donors (Lipinski definition) is 1. The maximum absolute atomic E-state index is 11.2. The number of aromatic nitrogens is 1. The molecular weight excluding hydrogens is 174 g/mol. The average Bonchev–Trinajstić information content (AvgIpc) is 2.32. The minimum atomic E-state index is -0.0367. The Bertz CT molecular complexity index is 315. The van der Waals surface area contributed by atoms with Crippen LogP contribution in [0.25, 0.3) is 0 Å². The van der Waals surface area contributed by atoms with E-state index in [1.807, 2.05) is 20.8 Å². The van der Waals surface area contributed by atoms with E-state index in [9.17, 15) is 4.79 Å². The quantitative estimate of drug-likeness (QED) is 0.557. The number of Topliss-reactive ketones (excluding diaryl/α,β-unsaturated/α-hetero) is 1. The van der Waals surface area contributed by atoms with Crippen LogP contribution in [0.4, 0.5) is 0 Å². The molecule has 0 radical (unpaired) electrons. The van der Waals surface area contributed by atoms with Crippen molar-refractivity contribution < 1.29 is 4.79 Å². The van der Waals surface area contributed by atoms with E-state index in [1.54, 1.807) is 0 Å². The molecule has 0 unspecified atom stereocenters. The molecule has 66 valence electrons. The topological polar surface area (TPSA) is 32.9 Å². The second-order valence-electron chi connectivity index (χ2n) is 2.93. The van der Waals surface area contributed by atoms with E-state index in [1.165, 1.54) is 0 Å². The number of alkyl halides is 1. The highest BCUT2D eigenvalue weighted by Crippen LogP contribution is 2.16. The van der Waals surface area contributed by atoms with Crippen LogP contribution in [0.3, 0.4) is 0 Å². The van der Waals surface area contributed by atoms with Gasteiger partial charge < -0.3 is 4.98 Å². The lowest BCUT2D eigenvalue weighted by molar-refractivity contribution is 0.101. The zero-order valence-corrected chi connectivity index (χ0v) is 8.25. The van der Waals surface area contributed by atoms with Gasteiger partial charge in [-0.3, -0.25) is 4.79 Å². The second kappa shape index (κ2) is 3.31. The lowest BCUT2D eigenvalue weighted by Crippen LogP contribution is -2.02. The predicted molar refractivity (Wildman–Crippen MR) is 50.1 cm³/mol. The van der Waals surface area contributed by atoms with E-state index < -0.39 is 0 Å². The lowest BCUT2D eigenvalue weighted by Gasteiger charge is -1.94. The smallest absolute Gasteiger partial charge is 0.193 e. The molecule has 1 N–H and O–H groups in total. The number of carbonyl (C=O) groups excluding carboxylic acids is 1. The fourth-order valence-corrected chi connectivity index (χ4v) is 1.32. The maximum Gasteiger partial charge on any atom is 0.193 e. The van der Waals surface area contributed by atoms with Gasteiger partial charge in [-0.15, -0.1) is 11.6 Å². The van der Waals surface area contributed by atoms with Crippen LogP contribution in [0.5, 0.6) is 0 Å². The van der Waals surface area contributed by atoms with Gasteiger partial charge in [0, 0.05) is 5.69 Å². The van der Waals surface area contributed by atoms with E-state index in [-0.39, 0.29) is 11.7 Å². The van der Waals surface area contributed by atoms with Crippen molar-refractivity contribution in [3.8, 4) is 0 Å². The highest BCUT2D eigenvalue weighted by Gasteiger charge is 2.13. The second-order valence-corrected chi connectivity index (χ2v) is 3.20. The first-order chi connectivity index (χ1) is 5.57. The van der Waals surface area contributed by atoms with Gasteiger partial charge in [-0.2, -0.15) is 0 Å². The van der Waals surface area contributed by atoms with Crippen LogP contribution < -0.4 is 0 Å². The first-order valence-corrected chi connectivity index (χ1v) is 4.36. The summed E-state index contributed by atoms with van der Waals surface area (Å²) in [7, 11) is 0. The van der Waals surface area contributed by atoms with Crippen molar-refractivity contribution in [1.29, 1.82) is 0 Å². The molecular formula is C9H12ClNO. The fraction of sp³-hybridized carbons (Fsp3) is 0.444. The average molecular weight is 186 g/mol. The summed E-state index contributed by atoms with van der Waals surface area (Å²) in [5.41, 5.74) is 3.85. The normalized spacial score (nSPS) is 10.3. The predicted octanol–water partition coefficient (Wildman–Crippen LogP) is 2.36. The van der Waals surface area contributed by atoms with E-state index >= 15 is 0 Å². The maximum atomic E-state index is 11.2. The molecule has 0 aliphatic heterocycles. The van der Waals surface area contributed by atoms with Gasteiger partial charge in [0.1, 0.15) is 0 Å². The van der Waals surface area contributed by atoms with Crippen molar-refractivity contribution in [2.45, 2.75) is 20.8 Å². The molecule has 2 nitrogen and oxygen atoms in total. The number of H-pyrrole nitrogens is 1. The molecule has 0 amide bonds. The summed E-state index contributed by atoms with van der Waals surface area (Å²) < 4.78 is 0. The van der Waals surface area contributed by atoms with Crippen LogP contribution in [-0.2, 0) is 0 Å². The summed E-state index contributed by atoms with van der Waals surface area (Å²) >= 11 is 5.45. The number of carbonyl (C=O) groups is 1. The van der Waals surface area contributed by atoms with Gasteiger partial charge in [-0.1, -0.05) is 0 Å². The zero-order chi connectivity index (χ0) is 9.30. The number of ketones is 1. The molecule has 0 saturated heterocycles. The third-order valence-corrected chi connectivity index (χ3v) is 2.46. The Hall–Kier alpha value is -0.760. The molecule has 0 bridgehead atoms. The number of halogens is 1. The Labute approximate surface area is 76.9 Å². The van der Waals surface area contributed by atoms with E-state index in [4.69, 9.17) is 11.6 Å². The minimum absolute atomic E-state index is 0.0367. The molecule has 0 saturated carbocycles. The largest absolute Gasteiger partial charge is 0.356 e. The van der Waals surface area contributed by atoms with E-state index in [0.29, 0.717) is 5.69 Å². The third-order valence-electron chi connectivity index (χ3n) is 2.21. The fourth-order valence-electron chi connectivity index (χ4n) is 1.19. The van der Waals surface area contributed by atoms with Crippen molar-refractivity contribution in [2.24, 2.45) is 0 Å². The summed E-state index contributed by atoms with van der Waals surface area (Å²) in [4.78, 5) is 14.3. The number of nitrogens with one attached hydrogen (secondary N) is 1. The van der Waals surface area contributed by atoms with Gasteiger partial charge in [-0.25, -0.2) is 0 Å². The highest BCUT2D eigenvalue weighted by molar-refractivity contribution is 6.30. The summed E-state index contributed by atoms with van der Waals surface area (Å²) in [6.45, 7) is 5.87. The highest BCUT2D eigenvalue weighted by atomic mass is 35.5. The Morgan fingerprint density at radius 1 is 1.33 bits per heavy atom. The molecule has 1 rings (SSSR count). The van der Waals surface area contributed by atoms with Gasteiger partial charge in [0.2, 0.25) is 0 Å². The van der Waals surface area contributed by atoms with Crippen molar-refractivity contribution >= 4 is 17.4 Å². The number of hydrogen-bond acceptors (Lipinski definition) is 1. The van der Waals surface area contributed by atoms with Gasteiger partial charge in [0.15, 0.2) is 5.78 Å². The molecule has 0 aromatic carbocycles. The third kappa shape index (κ3) is 1.39. The van der Waals surface area contributed by atoms with Gasteiger partial charge >= 0.3 is 0 Å².